The van der Waals surface area contributed by atoms with Gasteiger partial charge in [-0.1, -0.05) is 90.8 Å². The van der Waals surface area contributed by atoms with Crippen molar-refractivity contribution in [1.29, 1.82) is 0 Å². The van der Waals surface area contributed by atoms with E-state index in [1.54, 1.807) is 5.57 Å². The third-order valence-corrected chi connectivity index (χ3v) is 6.32. The minimum absolute atomic E-state index is 0.0286. The molecule has 1 aromatic carbocycles. The highest BCUT2D eigenvalue weighted by molar-refractivity contribution is 5.56. The standard InChI is InChI=1S/C26H40O/c1-11-26(12-2,20-14-13-19(17-20)24(4,5)6)22-16-18(3)15-21(23(22)27-10)25(7,8)9/h13,15-17H,11-12,14H2,1-10H3. The number of allylic oxidation sites excluding steroid dienone is 4. The lowest BCUT2D eigenvalue weighted by atomic mass is 9.67. The van der Waals surface area contributed by atoms with Crippen molar-refractivity contribution in [3.63, 3.8) is 0 Å². The summed E-state index contributed by atoms with van der Waals surface area (Å²) in [6, 6.07) is 4.68. The Morgan fingerprint density at radius 1 is 0.889 bits per heavy atom. The molecule has 0 saturated heterocycles. The Labute approximate surface area is 167 Å². The van der Waals surface area contributed by atoms with E-state index < -0.39 is 0 Å². The number of methoxy groups -OCH3 is 1. The summed E-state index contributed by atoms with van der Waals surface area (Å²) in [7, 11) is 1.83. The third-order valence-electron chi connectivity index (χ3n) is 6.32. The van der Waals surface area contributed by atoms with E-state index in [0.29, 0.717) is 0 Å². The van der Waals surface area contributed by atoms with Gasteiger partial charge in [-0.05, 0) is 42.6 Å². The van der Waals surface area contributed by atoms with Gasteiger partial charge in [-0.2, -0.15) is 0 Å². The van der Waals surface area contributed by atoms with Crippen molar-refractivity contribution < 1.29 is 4.74 Å². The highest BCUT2D eigenvalue weighted by atomic mass is 16.5. The second kappa shape index (κ2) is 7.49. The number of hydrogen-bond acceptors (Lipinski definition) is 1. The summed E-state index contributed by atoms with van der Waals surface area (Å²) >= 11 is 0. The van der Waals surface area contributed by atoms with E-state index in [2.05, 4.69) is 86.6 Å². The SMILES string of the molecule is CCC(CC)(C1=CC(C(C)(C)C)=CC1)c1cc(C)cc(C(C)(C)C)c1OC. The lowest BCUT2D eigenvalue weighted by Crippen LogP contribution is -2.29. The molecule has 0 aliphatic heterocycles. The van der Waals surface area contributed by atoms with Crippen LogP contribution in [-0.2, 0) is 10.8 Å². The Bertz CT molecular complexity index is 744. The normalized spacial score (nSPS) is 15.6. The summed E-state index contributed by atoms with van der Waals surface area (Å²) < 4.78 is 6.08. The zero-order valence-corrected chi connectivity index (χ0v) is 19.3. The van der Waals surface area contributed by atoms with Crippen molar-refractivity contribution in [2.24, 2.45) is 5.41 Å². The molecule has 0 radical (unpaired) electrons. The second-order valence-electron chi connectivity index (χ2n) is 10.2. The molecule has 1 aliphatic rings. The molecule has 1 nitrogen and oxygen atoms in total. The monoisotopic (exact) mass is 368 g/mol. The second-order valence-corrected chi connectivity index (χ2v) is 10.2. The summed E-state index contributed by atoms with van der Waals surface area (Å²) in [5.41, 5.74) is 7.29. The van der Waals surface area contributed by atoms with Crippen LogP contribution >= 0.6 is 0 Å². The average molecular weight is 369 g/mol. The maximum Gasteiger partial charge on any atom is 0.126 e. The molecule has 2 rings (SSSR count). The molecule has 0 saturated carbocycles. The summed E-state index contributed by atoms with van der Waals surface area (Å²) in [5.74, 6) is 1.09. The van der Waals surface area contributed by atoms with Crippen molar-refractivity contribution >= 4 is 0 Å². The number of rotatable bonds is 5. The van der Waals surface area contributed by atoms with E-state index in [-0.39, 0.29) is 16.2 Å². The van der Waals surface area contributed by atoms with Crippen LogP contribution in [0.2, 0.25) is 0 Å². The van der Waals surface area contributed by atoms with Crippen LogP contribution in [0.25, 0.3) is 0 Å². The molecule has 27 heavy (non-hydrogen) atoms. The van der Waals surface area contributed by atoms with Crippen LogP contribution in [0.4, 0.5) is 0 Å². The molecule has 1 heteroatoms. The molecule has 0 amide bonds. The first-order valence-electron chi connectivity index (χ1n) is 10.5. The van der Waals surface area contributed by atoms with E-state index in [9.17, 15) is 0 Å². The van der Waals surface area contributed by atoms with E-state index in [0.717, 1.165) is 25.0 Å². The Kier molecular flexibility index (Phi) is 6.05. The fraction of sp³-hybridized carbons (Fsp3) is 0.615. The van der Waals surface area contributed by atoms with E-state index >= 15 is 0 Å². The molecule has 0 unspecified atom stereocenters. The van der Waals surface area contributed by atoms with Gasteiger partial charge in [-0.25, -0.2) is 0 Å². The van der Waals surface area contributed by atoms with E-state index in [1.807, 2.05) is 7.11 Å². The van der Waals surface area contributed by atoms with Gasteiger partial charge in [0.2, 0.25) is 0 Å². The number of benzene rings is 1. The van der Waals surface area contributed by atoms with Crippen LogP contribution in [0.3, 0.4) is 0 Å². The van der Waals surface area contributed by atoms with Crippen LogP contribution in [0.5, 0.6) is 5.75 Å². The van der Waals surface area contributed by atoms with Gasteiger partial charge >= 0.3 is 0 Å². The molecule has 0 heterocycles. The molecular formula is C26H40O. The Balaban J connectivity index is 2.73. The van der Waals surface area contributed by atoms with Gasteiger partial charge < -0.3 is 4.74 Å². The lowest BCUT2D eigenvalue weighted by Gasteiger charge is -2.38. The molecule has 1 aliphatic carbocycles. The van der Waals surface area contributed by atoms with E-state index in [1.165, 1.54) is 22.3 Å². The highest BCUT2D eigenvalue weighted by Crippen LogP contribution is 2.50. The Morgan fingerprint density at radius 3 is 1.85 bits per heavy atom. The quantitative estimate of drug-likeness (QED) is 0.518. The van der Waals surface area contributed by atoms with Crippen LogP contribution in [0.15, 0.2) is 35.4 Å². The van der Waals surface area contributed by atoms with E-state index in [4.69, 9.17) is 4.74 Å². The lowest BCUT2D eigenvalue weighted by molar-refractivity contribution is 0.368. The summed E-state index contributed by atoms with van der Waals surface area (Å²) in [4.78, 5) is 0. The zero-order valence-electron chi connectivity index (χ0n) is 19.3. The molecule has 0 N–H and O–H groups in total. The predicted octanol–water partition coefficient (Wildman–Crippen LogP) is 7.66. The minimum atomic E-state index is 0.0286. The Hall–Kier alpha value is -1.50. The number of aryl methyl sites for hydroxylation is 1. The first-order valence-corrected chi connectivity index (χ1v) is 10.5. The van der Waals surface area contributed by atoms with Gasteiger partial charge in [0.15, 0.2) is 0 Å². The largest absolute Gasteiger partial charge is 0.496 e. The van der Waals surface area contributed by atoms with Crippen LogP contribution in [0, 0.1) is 12.3 Å². The molecule has 150 valence electrons. The number of ether oxygens (including phenoxy) is 1. The van der Waals surface area contributed by atoms with Crippen molar-refractivity contribution in [2.75, 3.05) is 7.11 Å². The van der Waals surface area contributed by atoms with Crippen LogP contribution in [0.1, 0.15) is 91.3 Å². The Morgan fingerprint density at radius 2 is 1.44 bits per heavy atom. The van der Waals surface area contributed by atoms with Crippen molar-refractivity contribution in [3.8, 4) is 5.75 Å². The maximum atomic E-state index is 6.08. The summed E-state index contributed by atoms with van der Waals surface area (Å²) in [5, 5.41) is 0. The maximum absolute atomic E-state index is 6.08. The van der Waals surface area contributed by atoms with Gasteiger partial charge in [0.1, 0.15) is 5.75 Å². The molecule has 0 atom stereocenters. The smallest absolute Gasteiger partial charge is 0.126 e. The molecule has 0 fully saturated rings. The first-order chi connectivity index (χ1) is 12.4. The minimum Gasteiger partial charge on any atom is -0.496 e. The van der Waals surface area contributed by atoms with Crippen molar-refractivity contribution in [3.05, 3.63) is 52.1 Å². The molecule has 0 spiro atoms. The van der Waals surface area contributed by atoms with Crippen molar-refractivity contribution in [1.82, 2.24) is 0 Å². The molecule has 0 aromatic heterocycles. The predicted molar refractivity (Wildman–Crippen MR) is 119 cm³/mol. The van der Waals surface area contributed by atoms with Gasteiger partial charge in [0.05, 0.1) is 7.11 Å². The fourth-order valence-electron chi connectivity index (χ4n) is 4.55. The van der Waals surface area contributed by atoms with Crippen molar-refractivity contribution in [2.45, 2.75) is 92.4 Å². The third kappa shape index (κ3) is 4.03. The topological polar surface area (TPSA) is 9.23 Å². The van der Waals surface area contributed by atoms with Gasteiger partial charge in [0.25, 0.3) is 0 Å². The van der Waals surface area contributed by atoms with Crippen LogP contribution in [-0.4, -0.2) is 7.11 Å². The molecular weight excluding hydrogens is 328 g/mol. The highest BCUT2D eigenvalue weighted by Gasteiger charge is 2.39. The van der Waals surface area contributed by atoms with Gasteiger partial charge in [-0.15, -0.1) is 0 Å². The van der Waals surface area contributed by atoms with Gasteiger partial charge in [0, 0.05) is 16.5 Å². The first kappa shape index (κ1) is 21.8. The zero-order chi connectivity index (χ0) is 20.6. The van der Waals surface area contributed by atoms with Gasteiger partial charge in [-0.3, -0.25) is 0 Å². The molecule has 1 aromatic rings. The summed E-state index contributed by atoms with van der Waals surface area (Å²) in [6.07, 6.45) is 8.14. The number of hydrogen-bond donors (Lipinski definition) is 0. The fourth-order valence-corrected chi connectivity index (χ4v) is 4.55. The molecule has 0 bridgehead atoms. The van der Waals surface area contributed by atoms with Crippen LogP contribution < -0.4 is 4.74 Å². The summed E-state index contributed by atoms with van der Waals surface area (Å²) in [6.45, 7) is 20.6. The average Bonchev–Trinajstić information content (AvgIpc) is 3.06.